The molecule has 2 aromatic rings. The van der Waals surface area contributed by atoms with Crippen molar-refractivity contribution < 1.29 is 13.2 Å². The van der Waals surface area contributed by atoms with Crippen molar-refractivity contribution in [2.45, 2.75) is 58.2 Å². The maximum absolute atomic E-state index is 13.3. The molecule has 0 spiro atoms. The van der Waals surface area contributed by atoms with Crippen molar-refractivity contribution in [2.24, 2.45) is 0 Å². The first-order chi connectivity index (χ1) is 14.3. The second kappa shape index (κ2) is 12.5. The van der Waals surface area contributed by atoms with Crippen LogP contribution >= 0.6 is 24.8 Å². The number of anilines is 3. The zero-order valence-corrected chi connectivity index (χ0v) is 20.3. The molecule has 0 radical (unpaired) electrons. The summed E-state index contributed by atoms with van der Waals surface area (Å²) < 4.78 is 39.8. The number of hydrogen-bond donors (Lipinski definition) is 2. The first kappa shape index (κ1) is 28.3. The summed E-state index contributed by atoms with van der Waals surface area (Å²) in [5.74, 6) is 1.16. The Morgan fingerprint density at radius 1 is 1.16 bits per heavy atom. The fraction of sp³-hybridized carbons (Fsp3) is 0.545. The van der Waals surface area contributed by atoms with Gasteiger partial charge in [-0.25, -0.2) is 4.98 Å². The molecule has 5 nitrogen and oxygen atoms in total. The van der Waals surface area contributed by atoms with Crippen LogP contribution in [0.5, 0.6) is 0 Å². The Labute approximate surface area is 200 Å². The van der Waals surface area contributed by atoms with E-state index in [0.29, 0.717) is 17.7 Å². The van der Waals surface area contributed by atoms with Gasteiger partial charge in [0.25, 0.3) is 0 Å². The van der Waals surface area contributed by atoms with Gasteiger partial charge in [0.15, 0.2) is 0 Å². The number of alkyl halides is 3. The summed E-state index contributed by atoms with van der Waals surface area (Å²) in [6.07, 6.45) is 0.641. The van der Waals surface area contributed by atoms with Crippen LogP contribution in [0.3, 0.4) is 0 Å². The Morgan fingerprint density at radius 2 is 1.91 bits per heavy atom. The molecule has 2 N–H and O–H groups in total. The molecule has 0 saturated carbocycles. The van der Waals surface area contributed by atoms with Crippen molar-refractivity contribution in [2.75, 3.05) is 30.4 Å². The van der Waals surface area contributed by atoms with Crippen LogP contribution in [0, 0.1) is 6.92 Å². The highest BCUT2D eigenvalue weighted by Crippen LogP contribution is 2.34. The van der Waals surface area contributed by atoms with Crippen molar-refractivity contribution in [1.82, 2.24) is 15.3 Å². The first-order valence-corrected chi connectivity index (χ1v) is 10.5. The second-order valence-electron chi connectivity index (χ2n) is 7.87. The van der Waals surface area contributed by atoms with Crippen LogP contribution in [-0.4, -0.2) is 36.1 Å². The topological polar surface area (TPSA) is 53.1 Å². The Bertz CT molecular complexity index is 864. The lowest BCUT2D eigenvalue weighted by Crippen LogP contribution is -2.44. The maximum Gasteiger partial charge on any atom is 0.416 e. The molecule has 1 aromatic carbocycles. The van der Waals surface area contributed by atoms with Crippen LogP contribution < -0.4 is 15.5 Å². The Balaban J connectivity index is 0.00000256. The van der Waals surface area contributed by atoms with E-state index >= 15 is 0 Å². The quantitative estimate of drug-likeness (QED) is 0.501. The van der Waals surface area contributed by atoms with Gasteiger partial charge in [-0.3, -0.25) is 0 Å². The standard InChI is InChI=1S/C22H30F3N5.2ClH/c1-4-5-7-16-13-20(30-11-6-8-18(14-30)26-3)29-21(27-16)28-17-10-9-15(2)19(12-17)22(23,24)25;;/h9-10,12-13,18,26H,4-8,11,14H2,1-3H3,(H,27,28,29);2*1H. The Hall–Kier alpha value is -1.77. The number of piperidine rings is 1. The zero-order valence-electron chi connectivity index (χ0n) is 18.6. The Kier molecular flexibility index (Phi) is 11.0. The summed E-state index contributed by atoms with van der Waals surface area (Å²) in [6.45, 7) is 5.34. The molecule has 3 rings (SSSR count). The minimum absolute atomic E-state index is 0. The first-order valence-electron chi connectivity index (χ1n) is 10.5. The number of likely N-dealkylation sites (N-methyl/N-ethyl adjacent to an activating group) is 1. The van der Waals surface area contributed by atoms with E-state index in [4.69, 9.17) is 0 Å². The predicted molar refractivity (Wildman–Crippen MR) is 129 cm³/mol. The van der Waals surface area contributed by atoms with Crippen LogP contribution in [0.15, 0.2) is 24.3 Å². The minimum atomic E-state index is -4.40. The van der Waals surface area contributed by atoms with Crippen molar-refractivity contribution in [1.29, 1.82) is 0 Å². The van der Waals surface area contributed by atoms with E-state index in [0.717, 1.165) is 62.8 Å². The molecule has 1 aliphatic heterocycles. The van der Waals surface area contributed by atoms with Gasteiger partial charge in [0.2, 0.25) is 5.95 Å². The smallest absolute Gasteiger partial charge is 0.355 e. The van der Waals surface area contributed by atoms with Crippen LogP contribution in [0.4, 0.5) is 30.6 Å². The van der Waals surface area contributed by atoms with E-state index in [2.05, 4.69) is 32.4 Å². The number of nitrogens with one attached hydrogen (secondary N) is 2. The molecular weight excluding hydrogens is 462 g/mol. The molecule has 10 heteroatoms. The van der Waals surface area contributed by atoms with Crippen LogP contribution in [0.25, 0.3) is 0 Å². The summed E-state index contributed by atoms with van der Waals surface area (Å²) in [7, 11) is 1.96. The molecule has 1 saturated heterocycles. The van der Waals surface area contributed by atoms with Crippen LogP contribution in [-0.2, 0) is 12.6 Å². The Morgan fingerprint density at radius 3 is 2.56 bits per heavy atom. The molecule has 1 aromatic heterocycles. The number of benzene rings is 1. The highest BCUT2D eigenvalue weighted by molar-refractivity contribution is 5.85. The van der Waals surface area contributed by atoms with E-state index in [1.807, 2.05) is 13.1 Å². The molecule has 1 unspecified atom stereocenters. The van der Waals surface area contributed by atoms with Gasteiger partial charge in [0.05, 0.1) is 5.56 Å². The number of unbranched alkanes of at least 4 members (excludes halogenated alkanes) is 1. The second-order valence-corrected chi connectivity index (χ2v) is 7.87. The number of nitrogens with zero attached hydrogens (tertiary/aromatic N) is 3. The third kappa shape index (κ3) is 7.39. The van der Waals surface area contributed by atoms with E-state index in [9.17, 15) is 13.2 Å². The third-order valence-electron chi connectivity index (χ3n) is 5.50. The molecule has 0 bridgehead atoms. The van der Waals surface area contributed by atoms with E-state index in [-0.39, 0.29) is 30.4 Å². The van der Waals surface area contributed by atoms with Crippen LogP contribution in [0.2, 0.25) is 0 Å². The average molecular weight is 494 g/mol. The summed E-state index contributed by atoms with van der Waals surface area (Å²) in [5, 5.41) is 6.33. The molecule has 180 valence electrons. The normalized spacial score (nSPS) is 16.2. The molecule has 1 aliphatic rings. The van der Waals surface area contributed by atoms with Crippen molar-refractivity contribution in [3.05, 3.63) is 41.1 Å². The lowest BCUT2D eigenvalue weighted by molar-refractivity contribution is -0.138. The molecule has 1 atom stereocenters. The van der Waals surface area contributed by atoms with Gasteiger partial charge >= 0.3 is 6.18 Å². The molecular formula is C22H32Cl2F3N5. The largest absolute Gasteiger partial charge is 0.416 e. The number of rotatable bonds is 7. The highest BCUT2D eigenvalue weighted by atomic mass is 35.5. The van der Waals surface area contributed by atoms with Gasteiger partial charge in [0, 0.05) is 36.6 Å². The van der Waals surface area contributed by atoms with Crippen LogP contribution in [0.1, 0.15) is 49.4 Å². The summed E-state index contributed by atoms with van der Waals surface area (Å²) >= 11 is 0. The fourth-order valence-electron chi connectivity index (χ4n) is 3.74. The third-order valence-corrected chi connectivity index (χ3v) is 5.50. The van der Waals surface area contributed by atoms with Gasteiger partial charge < -0.3 is 15.5 Å². The molecule has 0 amide bonds. The number of hydrogen-bond acceptors (Lipinski definition) is 5. The van der Waals surface area contributed by atoms with E-state index in [1.54, 1.807) is 6.07 Å². The monoisotopic (exact) mass is 493 g/mol. The average Bonchev–Trinajstić information content (AvgIpc) is 2.72. The SMILES string of the molecule is CCCCc1cc(N2CCCC(NC)C2)nc(Nc2ccc(C)c(C(F)(F)F)c2)n1.Cl.Cl. The molecule has 32 heavy (non-hydrogen) atoms. The van der Waals surface area contributed by atoms with Crippen molar-refractivity contribution >= 4 is 42.3 Å². The highest BCUT2D eigenvalue weighted by Gasteiger charge is 2.32. The summed E-state index contributed by atoms with van der Waals surface area (Å²) in [5.41, 5.74) is 0.776. The maximum atomic E-state index is 13.3. The summed E-state index contributed by atoms with van der Waals surface area (Å²) in [6, 6.07) is 6.62. The van der Waals surface area contributed by atoms with Gasteiger partial charge in [-0.2, -0.15) is 18.2 Å². The van der Waals surface area contributed by atoms with E-state index < -0.39 is 11.7 Å². The van der Waals surface area contributed by atoms with Gasteiger partial charge in [-0.1, -0.05) is 19.4 Å². The molecule has 0 aliphatic carbocycles. The molecule has 1 fully saturated rings. The fourth-order valence-corrected chi connectivity index (χ4v) is 3.74. The molecule has 2 heterocycles. The predicted octanol–water partition coefficient (Wildman–Crippen LogP) is 5.92. The van der Waals surface area contributed by atoms with Gasteiger partial charge in [-0.05, 0) is 57.4 Å². The summed E-state index contributed by atoms with van der Waals surface area (Å²) in [4.78, 5) is 11.4. The van der Waals surface area contributed by atoms with Crippen molar-refractivity contribution in [3.8, 4) is 0 Å². The number of halogens is 5. The lowest BCUT2D eigenvalue weighted by Gasteiger charge is -2.33. The minimum Gasteiger partial charge on any atom is -0.355 e. The number of aromatic nitrogens is 2. The lowest BCUT2D eigenvalue weighted by atomic mass is 10.1. The van der Waals surface area contributed by atoms with Crippen molar-refractivity contribution in [3.63, 3.8) is 0 Å². The van der Waals surface area contributed by atoms with Gasteiger partial charge in [0.1, 0.15) is 5.82 Å². The number of aryl methyl sites for hydroxylation is 2. The van der Waals surface area contributed by atoms with Gasteiger partial charge in [-0.15, -0.1) is 24.8 Å². The van der Waals surface area contributed by atoms with E-state index in [1.165, 1.54) is 13.0 Å². The zero-order chi connectivity index (χ0) is 21.7.